The summed E-state index contributed by atoms with van der Waals surface area (Å²) in [5.74, 6) is -0.933. The first-order valence-electron chi connectivity index (χ1n) is 27.3. The minimum atomic E-state index is -0.797. The number of carbonyl (C=O) groups excluding carboxylic acids is 3. The number of allylic oxidation sites excluding steroid dienone is 10. The standard InChI is InChI=1S/C58H102O6/c1-4-7-10-13-16-19-22-25-28-31-33-36-39-42-45-48-51-57(60)63-54-55(64-58(61)52-49-46-43-40-37-34-30-27-24-21-18-15-12-9-6-3)53-62-56(59)50-47-44-41-38-35-32-29-26-23-20-17-14-11-8-5-2/h9,12,18,21,26-27,29-30,37,40,55H,4-8,10-11,13-17,19-20,22-25,28,31-36,38-39,41-54H2,1-3H3/b12-9-,21-18-,29-26-,30-27-,40-37-. The van der Waals surface area contributed by atoms with Gasteiger partial charge in [0.1, 0.15) is 13.2 Å². The Kier molecular flexibility index (Phi) is 50.4. The highest BCUT2D eigenvalue weighted by Crippen LogP contribution is 2.15. The molecule has 0 aliphatic carbocycles. The Morgan fingerprint density at radius 3 is 1.00 bits per heavy atom. The van der Waals surface area contributed by atoms with Crippen molar-refractivity contribution in [3.05, 3.63) is 60.8 Å². The fourth-order valence-corrected chi connectivity index (χ4v) is 7.66. The van der Waals surface area contributed by atoms with E-state index in [1.54, 1.807) is 0 Å². The molecule has 0 fully saturated rings. The van der Waals surface area contributed by atoms with E-state index in [0.717, 1.165) is 83.5 Å². The number of unbranched alkanes of at least 4 members (excludes halogenated alkanes) is 28. The van der Waals surface area contributed by atoms with Gasteiger partial charge in [-0.05, 0) is 83.5 Å². The van der Waals surface area contributed by atoms with E-state index >= 15 is 0 Å². The highest BCUT2D eigenvalue weighted by molar-refractivity contribution is 5.71. The Bertz CT molecular complexity index is 1170. The second-order valence-electron chi connectivity index (χ2n) is 18.1. The number of carbonyl (C=O) groups is 3. The maximum atomic E-state index is 12.8. The van der Waals surface area contributed by atoms with Crippen molar-refractivity contribution in [2.75, 3.05) is 13.2 Å². The van der Waals surface area contributed by atoms with E-state index in [4.69, 9.17) is 14.2 Å². The van der Waals surface area contributed by atoms with Gasteiger partial charge in [0, 0.05) is 19.3 Å². The SMILES string of the molecule is CC/C=C\C/C=C\C/C=C\C/C=C\CCCCC(=O)OC(COC(=O)CCCCCCC/C=C\CCCCCCCC)COC(=O)CCCCCCCCCCCCCCCCCC. The summed E-state index contributed by atoms with van der Waals surface area (Å²) in [6, 6.07) is 0. The van der Waals surface area contributed by atoms with Gasteiger partial charge in [0.05, 0.1) is 0 Å². The molecule has 0 aliphatic rings. The molecule has 0 radical (unpaired) electrons. The van der Waals surface area contributed by atoms with Crippen molar-refractivity contribution in [1.82, 2.24) is 0 Å². The minimum absolute atomic E-state index is 0.0912. The number of ether oxygens (including phenoxy) is 3. The van der Waals surface area contributed by atoms with Crippen molar-refractivity contribution >= 4 is 17.9 Å². The molecule has 1 unspecified atom stereocenters. The molecule has 0 heterocycles. The normalized spacial score (nSPS) is 12.5. The van der Waals surface area contributed by atoms with E-state index in [0.29, 0.717) is 19.3 Å². The van der Waals surface area contributed by atoms with Crippen molar-refractivity contribution in [3.8, 4) is 0 Å². The molecule has 0 saturated heterocycles. The largest absolute Gasteiger partial charge is 0.462 e. The van der Waals surface area contributed by atoms with Crippen LogP contribution in [0.5, 0.6) is 0 Å². The molecule has 6 nitrogen and oxygen atoms in total. The molecular formula is C58H102O6. The minimum Gasteiger partial charge on any atom is -0.462 e. The molecule has 370 valence electrons. The maximum absolute atomic E-state index is 12.8. The molecule has 0 aliphatic heterocycles. The van der Waals surface area contributed by atoms with Crippen LogP contribution in [0.25, 0.3) is 0 Å². The molecule has 0 aromatic rings. The number of hydrogen-bond acceptors (Lipinski definition) is 6. The Balaban J connectivity index is 4.43. The third-order valence-corrected chi connectivity index (χ3v) is 11.8. The van der Waals surface area contributed by atoms with Crippen LogP contribution in [-0.4, -0.2) is 37.2 Å². The summed E-state index contributed by atoms with van der Waals surface area (Å²) in [4.78, 5) is 38.0. The van der Waals surface area contributed by atoms with Crippen LogP contribution < -0.4 is 0 Å². The second-order valence-corrected chi connectivity index (χ2v) is 18.1. The van der Waals surface area contributed by atoms with Crippen LogP contribution in [0.2, 0.25) is 0 Å². The van der Waals surface area contributed by atoms with Crippen molar-refractivity contribution in [3.63, 3.8) is 0 Å². The van der Waals surface area contributed by atoms with Crippen LogP contribution in [-0.2, 0) is 28.6 Å². The first-order chi connectivity index (χ1) is 31.5. The lowest BCUT2D eigenvalue weighted by Gasteiger charge is -2.18. The zero-order valence-corrected chi connectivity index (χ0v) is 42.3. The summed E-state index contributed by atoms with van der Waals surface area (Å²) in [6.07, 6.45) is 64.9. The molecule has 0 saturated carbocycles. The molecule has 0 rings (SSSR count). The molecule has 1 atom stereocenters. The topological polar surface area (TPSA) is 78.9 Å². The third kappa shape index (κ3) is 50.1. The van der Waals surface area contributed by atoms with Gasteiger partial charge in [-0.25, -0.2) is 0 Å². The van der Waals surface area contributed by atoms with E-state index in [9.17, 15) is 14.4 Å². The van der Waals surface area contributed by atoms with Gasteiger partial charge in [-0.15, -0.1) is 0 Å². The lowest BCUT2D eigenvalue weighted by Crippen LogP contribution is -2.30. The van der Waals surface area contributed by atoms with Gasteiger partial charge in [0.2, 0.25) is 0 Å². The van der Waals surface area contributed by atoms with Crippen LogP contribution in [0.4, 0.5) is 0 Å². The van der Waals surface area contributed by atoms with Gasteiger partial charge >= 0.3 is 17.9 Å². The van der Waals surface area contributed by atoms with Gasteiger partial charge in [-0.3, -0.25) is 14.4 Å². The van der Waals surface area contributed by atoms with E-state index in [2.05, 4.69) is 81.5 Å². The average Bonchev–Trinajstić information content (AvgIpc) is 3.29. The van der Waals surface area contributed by atoms with Gasteiger partial charge in [-0.1, -0.05) is 229 Å². The summed E-state index contributed by atoms with van der Waals surface area (Å²) < 4.78 is 16.8. The van der Waals surface area contributed by atoms with Crippen molar-refractivity contribution in [1.29, 1.82) is 0 Å². The van der Waals surface area contributed by atoms with E-state index in [1.165, 1.54) is 141 Å². The van der Waals surface area contributed by atoms with Gasteiger partial charge in [-0.2, -0.15) is 0 Å². The van der Waals surface area contributed by atoms with Crippen LogP contribution in [0.15, 0.2) is 60.8 Å². The maximum Gasteiger partial charge on any atom is 0.306 e. The molecule has 6 heteroatoms. The quantitative estimate of drug-likeness (QED) is 0.0262. The molecule has 0 aromatic carbocycles. The first kappa shape index (κ1) is 61.1. The Morgan fingerprint density at radius 2 is 0.609 bits per heavy atom. The zero-order chi connectivity index (χ0) is 46.5. The summed E-state index contributed by atoms with van der Waals surface area (Å²) in [7, 11) is 0. The fourth-order valence-electron chi connectivity index (χ4n) is 7.66. The van der Waals surface area contributed by atoms with Crippen molar-refractivity contribution in [2.45, 2.75) is 277 Å². The van der Waals surface area contributed by atoms with Crippen LogP contribution in [0.1, 0.15) is 271 Å². The fraction of sp³-hybridized carbons (Fsp3) is 0.776. The Hall–Kier alpha value is -2.89. The average molecular weight is 895 g/mol. The highest BCUT2D eigenvalue weighted by atomic mass is 16.6. The monoisotopic (exact) mass is 895 g/mol. The summed E-state index contributed by atoms with van der Waals surface area (Å²) in [5.41, 5.74) is 0. The summed E-state index contributed by atoms with van der Waals surface area (Å²) in [6.45, 7) is 6.50. The molecule has 0 N–H and O–H groups in total. The third-order valence-electron chi connectivity index (χ3n) is 11.8. The molecule has 0 bridgehead atoms. The molecule has 0 amide bonds. The molecule has 0 aromatic heterocycles. The predicted octanol–water partition coefficient (Wildman–Crippen LogP) is 18.0. The number of rotatable bonds is 49. The van der Waals surface area contributed by atoms with Gasteiger partial charge in [0.25, 0.3) is 0 Å². The lowest BCUT2D eigenvalue weighted by atomic mass is 10.0. The molecular weight excluding hydrogens is 793 g/mol. The molecule has 64 heavy (non-hydrogen) atoms. The number of hydrogen-bond donors (Lipinski definition) is 0. The second kappa shape index (κ2) is 52.7. The number of esters is 3. The summed E-state index contributed by atoms with van der Waals surface area (Å²) in [5, 5.41) is 0. The van der Waals surface area contributed by atoms with E-state index in [-0.39, 0.29) is 37.5 Å². The smallest absolute Gasteiger partial charge is 0.306 e. The van der Waals surface area contributed by atoms with Crippen LogP contribution in [0, 0.1) is 0 Å². The Morgan fingerprint density at radius 1 is 0.328 bits per heavy atom. The lowest BCUT2D eigenvalue weighted by molar-refractivity contribution is -0.167. The first-order valence-corrected chi connectivity index (χ1v) is 27.3. The summed E-state index contributed by atoms with van der Waals surface area (Å²) >= 11 is 0. The molecule has 0 spiro atoms. The van der Waals surface area contributed by atoms with Crippen molar-refractivity contribution in [2.24, 2.45) is 0 Å². The van der Waals surface area contributed by atoms with Gasteiger partial charge < -0.3 is 14.2 Å². The predicted molar refractivity (Wildman–Crippen MR) is 275 cm³/mol. The Labute approximate surface area is 396 Å². The zero-order valence-electron chi connectivity index (χ0n) is 42.3. The van der Waals surface area contributed by atoms with Crippen molar-refractivity contribution < 1.29 is 28.6 Å². The highest BCUT2D eigenvalue weighted by Gasteiger charge is 2.19. The van der Waals surface area contributed by atoms with Gasteiger partial charge in [0.15, 0.2) is 6.10 Å². The van der Waals surface area contributed by atoms with Crippen LogP contribution in [0.3, 0.4) is 0 Å². The van der Waals surface area contributed by atoms with E-state index in [1.807, 2.05) is 0 Å². The van der Waals surface area contributed by atoms with E-state index < -0.39 is 6.10 Å². The van der Waals surface area contributed by atoms with Crippen LogP contribution >= 0.6 is 0 Å².